The quantitative estimate of drug-likeness (QED) is 0.0835. The number of aromatic nitrogens is 1. The summed E-state index contributed by atoms with van der Waals surface area (Å²) in [6.45, 7) is 7.71. The molecular weight excluding hydrogens is 753 g/mol. The molecule has 2 heterocycles. The van der Waals surface area contributed by atoms with Crippen molar-refractivity contribution < 1.29 is 19.2 Å². The van der Waals surface area contributed by atoms with Gasteiger partial charge in [0.25, 0.3) is 11.8 Å². The van der Waals surface area contributed by atoms with Crippen molar-refractivity contribution in [2.24, 2.45) is 0 Å². The van der Waals surface area contributed by atoms with Crippen molar-refractivity contribution in [3.63, 3.8) is 0 Å². The maximum absolute atomic E-state index is 13.9. The van der Waals surface area contributed by atoms with Crippen LogP contribution in [-0.4, -0.2) is 38.9 Å². The highest BCUT2D eigenvalue weighted by Crippen LogP contribution is 2.51. The average molecular weight is 773 g/mol. The summed E-state index contributed by atoms with van der Waals surface area (Å²) < 4.78 is 0. The lowest BCUT2D eigenvalue weighted by atomic mass is 9.98. The van der Waals surface area contributed by atoms with E-state index in [1.54, 1.807) is 18.2 Å². The van der Waals surface area contributed by atoms with Crippen LogP contribution in [0.1, 0.15) is 80.7 Å². The molecular formula is C32H20Cl6N2O4S2. The van der Waals surface area contributed by atoms with E-state index in [4.69, 9.17) is 69.6 Å². The number of imide groups is 1. The molecule has 0 fully saturated rings. The van der Waals surface area contributed by atoms with Crippen LogP contribution in [0.3, 0.4) is 0 Å². The van der Waals surface area contributed by atoms with Gasteiger partial charge in [-0.15, -0.1) is 23.5 Å². The van der Waals surface area contributed by atoms with Crippen LogP contribution in [0.5, 0.6) is 0 Å². The summed E-state index contributed by atoms with van der Waals surface area (Å²) in [7, 11) is 0. The number of fused-ring (bicyclic) bond motifs is 3. The number of hydrogen-bond donors (Lipinski definition) is 0. The molecule has 0 bridgehead atoms. The summed E-state index contributed by atoms with van der Waals surface area (Å²) in [5.41, 5.74) is 0.122. The van der Waals surface area contributed by atoms with Crippen LogP contribution in [0.4, 0.5) is 5.69 Å². The van der Waals surface area contributed by atoms with Crippen molar-refractivity contribution in [2.45, 2.75) is 53.9 Å². The third kappa shape index (κ3) is 5.15. The minimum atomic E-state index is -1.38. The largest absolute Gasteiger partial charge is 0.293 e. The molecule has 2 aliphatic rings. The van der Waals surface area contributed by atoms with Gasteiger partial charge in [-0.25, -0.2) is 9.88 Å². The molecule has 4 aromatic rings. The van der Waals surface area contributed by atoms with Gasteiger partial charge >= 0.3 is 0 Å². The smallest absolute Gasteiger partial charge is 0.267 e. The lowest BCUT2D eigenvalue weighted by Gasteiger charge is -2.17. The Morgan fingerprint density at radius 2 is 1.11 bits per heavy atom. The molecule has 46 heavy (non-hydrogen) atoms. The molecule has 1 unspecified atom stereocenters. The number of halogens is 6. The van der Waals surface area contributed by atoms with Gasteiger partial charge < -0.3 is 0 Å². The normalized spacial score (nSPS) is 16.1. The summed E-state index contributed by atoms with van der Waals surface area (Å²) >= 11 is 42.2. The van der Waals surface area contributed by atoms with E-state index < -0.39 is 29.3 Å². The van der Waals surface area contributed by atoms with Crippen molar-refractivity contribution >= 4 is 133 Å². The van der Waals surface area contributed by atoms with Crippen molar-refractivity contribution in [3.8, 4) is 0 Å². The van der Waals surface area contributed by atoms with E-state index in [9.17, 15) is 19.2 Å². The molecule has 6 rings (SSSR count). The summed E-state index contributed by atoms with van der Waals surface area (Å²) in [4.78, 5) is 61.8. The van der Waals surface area contributed by atoms with E-state index in [1.165, 1.54) is 35.7 Å². The number of rotatable bonds is 6. The molecule has 0 radical (unpaired) electrons. The monoisotopic (exact) mass is 770 g/mol. The van der Waals surface area contributed by atoms with Crippen LogP contribution in [0.2, 0.25) is 30.1 Å². The van der Waals surface area contributed by atoms with E-state index in [2.05, 4.69) is 4.98 Å². The van der Waals surface area contributed by atoms with Gasteiger partial charge in [0.15, 0.2) is 11.6 Å². The Morgan fingerprint density at radius 3 is 1.65 bits per heavy atom. The summed E-state index contributed by atoms with van der Waals surface area (Å²) in [5.74, 6) is -4.01. The summed E-state index contributed by atoms with van der Waals surface area (Å²) in [5, 5.41) is 0.778. The first-order valence-corrected chi connectivity index (χ1v) is 17.8. The number of ketones is 2. The second-order valence-electron chi connectivity index (χ2n) is 11.1. The second kappa shape index (κ2) is 12.5. The average Bonchev–Trinajstić information content (AvgIpc) is 3.42. The fraction of sp³-hybridized carbons (Fsp3) is 0.219. The van der Waals surface area contributed by atoms with E-state index in [1.807, 2.05) is 27.7 Å². The maximum Gasteiger partial charge on any atom is 0.267 e. The zero-order valence-corrected chi connectivity index (χ0v) is 30.4. The highest BCUT2D eigenvalue weighted by Gasteiger charge is 2.46. The molecule has 1 aliphatic carbocycles. The predicted octanol–water partition coefficient (Wildman–Crippen LogP) is 11.1. The number of amides is 2. The van der Waals surface area contributed by atoms with Gasteiger partial charge in [-0.1, -0.05) is 115 Å². The number of hydrogen-bond acceptors (Lipinski definition) is 7. The van der Waals surface area contributed by atoms with Gasteiger partial charge in [0.2, 0.25) is 0 Å². The molecule has 1 aliphatic heterocycles. The maximum atomic E-state index is 13.9. The third-order valence-corrected chi connectivity index (χ3v) is 12.5. The molecule has 0 saturated carbocycles. The first kappa shape index (κ1) is 33.9. The molecule has 0 spiro atoms. The Balaban J connectivity index is 1.48. The zero-order chi connectivity index (χ0) is 33.5. The van der Waals surface area contributed by atoms with Crippen LogP contribution in [0.25, 0.3) is 10.9 Å². The Labute approximate surface area is 302 Å². The van der Waals surface area contributed by atoms with Crippen LogP contribution < -0.4 is 4.90 Å². The first-order valence-electron chi connectivity index (χ1n) is 13.8. The van der Waals surface area contributed by atoms with Crippen molar-refractivity contribution in [1.82, 2.24) is 4.98 Å². The Hall–Kier alpha value is -2.01. The molecule has 2 amide bonds. The van der Waals surface area contributed by atoms with Crippen LogP contribution in [0, 0.1) is 0 Å². The van der Waals surface area contributed by atoms with Gasteiger partial charge in [0, 0.05) is 25.7 Å². The number of nitrogens with zero attached hydrogens (tertiary/aromatic N) is 2. The minimum absolute atomic E-state index is 0.0130. The zero-order valence-electron chi connectivity index (χ0n) is 24.2. The van der Waals surface area contributed by atoms with Gasteiger partial charge in [0.05, 0.1) is 69.3 Å². The van der Waals surface area contributed by atoms with Crippen LogP contribution >= 0.6 is 93.1 Å². The topological polar surface area (TPSA) is 84.4 Å². The van der Waals surface area contributed by atoms with Gasteiger partial charge in [-0.2, -0.15) is 0 Å². The molecule has 6 nitrogen and oxygen atoms in total. The molecule has 236 valence electrons. The Kier molecular flexibility index (Phi) is 9.18. The van der Waals surface area contributed by atoms with E-state index in [0.29, 0.717) is 15.2 Å². The van der Waals surface area contributed by atoms with Gasteiger partial charge in [0.1, 0.15) is 5.92 Å². The van der Waals surface area contributed by atoms with E-state index >= 15 is 0 Å². The number of para-hydroxylation sites is 1. The second-order valence-corrected chi connectivity index (χ2v) is 16.5. The molecule has 0 N–H and O–H groups in total. The van der Waals surface area contributed by atoms with E-state index in [-0.39, 0.29) is 79.8 Å². The number of thioether (sulfide) groups is 2. The lowest BCUT2D eigenvalue weighted by Crippen LogP contribution is -2.30. The molecule has 1 aromatic heterocycles. The fourth-order valence-corrected chi connectivity index (χ4v) is 9.51. The number of benzene rings is 3. The fourth-order valence-electron chi connectivity index (χ4n) is 5.52. The Morgan fingerprint density at radius 1 is 0.630 bits per heavy atom. The van der Waals surface area contributed by atoms with Crippen molar-refractivity contribution in [2.75, 3.05) is 4.90 Å². The third-order valence-electron chi connectivity index (χ3n) is 7.38. The van der Waals surface area contributed by atoms with Crippen LogP contribution in [-0.2, 0) is 0 Å². The SMILES string of the molecule is CC(C)Sc1c(Cl)c(Cl)c2c(c1Cl)C(=O)C(c1ccc3cccc(N4C(=O)c5c(Cl)c(Cl)c(SC(C)C)c(Cl)c5C4=O)c3n1)C2=O. The van der Waals surface area contributed by atoms with E-state index in [0.717, 1.165) is 4.90 Å². The number of carbonyl (C=O) groups excluding carboxylic acids is 4. The van der Waals surface area contributed by atoms with Gasteiger partial charge in [-0.3, -0.25) is 19.2 Å². The summed E-state index contributed by atoms with van der Waals surface area (Å²) in [6.07, 6.45) is 0. The molecule has 3 aromatic carbocycles. The molecule has 0 saturated heterocycles. The molecule has 1 atom stereocenters. The highest BCUT2D eigenvalue weighted by molar-refractivity contribution is 8.00. The van der Waals surface area contributed by atoms with Crippen molar-refractivity contribution in [3.05, 3.63) is 88.4 Å². The number of carbonyl (C=O) groups is 4. The number of Topliss-reactive ketones (excluding diaryl/α,β-unsaturated/α-hetero) is 2. The Bertz CT molecular complexity index is 2080. The number of anilines is 1. The van der Waals surface area contributed by atoms with Crippen molar-refractivity contribution in [1.29, 1.82) is 0 Å². The predicted molar refractivity (Wildman–Crippen MR) is 189 cm³/mol. The standard InChI is InChI=1S/C32H20Cl6N2O4S2/c1-10(2)45-29-22(35)17-16(20(33)24(29)37)27(41)15(28(17)42)13-9-8-12-6-5-7-14(26(12)39-13)40-31(43)18-19(32(40)44)23(36)30(46-11(3)4)25(38)21(18)34/h5-11,15H,1-4H3. The first-order chi connectivity index (χ1) is 21.7. The lowest BCUT2D eigenvalue weighted by molar-refractivity contribution is 0.0882. The number of pyridine rings is 1. The van der Waals surface area contributed by atoms with Crippen LogP contribution in [0.15, 0.2) is 40.1 Å². The summed E-state index contributed by atoms with van der Waals surface area (Å²) in [6, 6.07) is 8.09. The highest BCUT2D eigenvalue weighted by atomic mass is 35.5. The minimum Gasteiger partial charge on any atom is -0.293 e. The van der Waals surface area contributed by atoms with Gasteiger partial charge in [-0.05, 0) is 12.1 Å². The molecule has 14 heteroatoms.